The third kappa shape index (κ3) is 2.16. The van der Waals surface area contributed by atoms with E-state index in [-0.39, 0.29) is 0 Å². The van der Waals surface area contributed by atoms with Crippen molar-refractivity contribution in [1.82, 2.24) is 20.1 Å². The number of hydrogen-bond acceptors (Lipinski definition) is 3. The molecule has 0 amide bonds. The number of aromatic nitrogens is 3. The van der Waals surface area contributed by atoms with Crippen LogP contribution >= 0.6 is 0 Å². The smallest absolute Gasteiger partial charge is 0.149 e. The van der Waals surface area contributed by atoms with Gasteiger partial charge in [0.1, 0.15) is 11.6 Å². The molecule has 4 nitrogen and oxygen atoms in total. The van der Waals surface area contributed by atoms with Crippen LogP contribution in [-0.2, 0) is 6.54 Å². The van der Waals surface area contributed by atoms with Gasteiger partial charge in [0.2, 0.25) is 0 Å². The van der Waals surface area contributed by atoms with Crippen molar-refractivity contribution < 1.29 is 0 Å². The fourth-order valence-corrected chi connectivity index (χ4v) is 2.87. The van der Waals surface area contributed by atoms with E-state index in [1.807, 2.05) is 0 Å². The number of fused-ring (bicyclic) bond motifs is 1. The second kappa shape index (κ2) is 5.13. The molecule has 2 heterocycles. The lowest BCUT2D eigenvalue weighted by Crippen LogP contribution is -2.33. The summed E-state index contributed by atoms with van der Waals surface area (Å²) < 4.78 is 2.29. The quantitative estimate of drug-likeness (QED) is 0.917. The summed E-state index contributed by atoms with van der Waals surface area (Å²) in [5.41, 5.74) is 1.33. The standard InChI is InChI=1S/C15H20N4/c1-3-13(12-7-5-4-6-8-12)15-18-17-14-11(2)16-9-10-19(14)15/h4-8,11,13,16H,3,9-10H2,1-2H3. The van der Waals surface area contributed by atoms with Crippen LogP contribution in [0.1, 0.15) is 49.4 Å². The Morgan fingerprint density at radius 1 is 1.32 bits per heavy atom. The van der Waals surface area contributed by atoms with Gasteiger partial charge in [-0.25, -0.2) is 0 Å². The predicted octanol–water partition coefficient (Wildman–Crippen LogP) is 2.48. The van der Waals surface area contributed by atoms with Gasteiger partial charge in [-0.1, -0.05) is 37.3 Å². The monoisotopic (exact) mass is 256 g/mol. The van der Waals surface area contributed by atoms with E-state index >= 15 is 0 Å². The first-order chi connectivity index (χ1) is 9.31. The molecule has 2 aromatic rings. The summed E-state index contributed by atoms with van der Waals surface area (Å²) in [5.74, 6) is 2.51. The fraction of sp³-hybridized carbons (Fsp3) is 0.467. The van der Waals surface area contributed by atoms with Crippen LogP contribution in [0.4, 0.5) is 0 Å². The molecule has 2 atom stereocenters. The van der Waals surface area contributed by atoms with Crippen molar-refractivity contribution in [3.8, 4) is 0 Å². The molecule has 19 heavy (non-hydrogen) atoms. The van der Waals surface area contributed by atoms with E-state index in [0.717, 1.165) is 31.2 Å². The van der Waals surface area contributed by atoms with Gasteiger partial charge in [0.25, 0.3) is 0 Å². The van der Waals surface area contributed by atoms with Crippen LogP contribution in [0.15, 0.2) is 30.3 Å². The highest BCUT2D eigenvalue weighted by atomic mass is 15.3. The Labute approximate surface area is 113 Å². The lowest BCUT2D eigenvalue weighted by molar-refractivity contribution is 0.425. The molecule has 4 heteroatoms. The highest BCUT2D eigenvalue weighted by molar-refractivity contribution is 5.26. The van der Waals surface area contributed by atoms with Gasteiger partial charge in [0, 0.05) is 19.0 Å². The van der Waals surface area contributed by atoms with Crippen molar-refractivity contribution in [1.29, 1.82) is 0 Å². The molecule has 0 bridgehead atoms. The zero-order valence-corrected chi connectivity index (χ0v) is 11.5. The van der Waals surface area contributed by atoms with Crippen molar-refractivity contribution in [2.24, 2.45) is 0 Å². The molecular formula is C15H20N4. The minimum absolute atomic E-state index is 0.295. The zero-order valence-electron chi connectivity index (χ0n) is 11.5. The van der Waals surface area contributed by atoms with Crippen molar-refractivity contribution in [3.63, 3.8) is 0 Å². The Balaban J connectivity index is 2.01. The van der Waals surface area contributed by atoms with Crippen molar-refractivity contribution >= 4 is 0 Å². The van der Waals surface area contributed by atoms with Gasteiger partial charge >= 0.3 is 0 Å². The van der Waals surface area contributed by atoms with Crippen LogP contribution in [-0.4, -0.2) is 21.3 Å². The van der Waals surface area contributed by atoms with Gasteiger partial charge in [0.15, 0.2) is 0 Å². The van der Waals surface area contributed by atoms with Gasteiger partial charge in [0.05, 0.1) is 6.04 Å². The first-order valence-corrected chi connectivity index (χ1v) is 7.02. The molecule has 1 aromatic carbocycles. The first-order valence-electron chi connectivity index (χ1n) is 7.02. The Hall–Kier alpha value is -1.68. The van der Waals surface area contributed by atoms with E-state index in [1.165, 1.54) is 5.56 Å². The topological polar surface area (TPSA) is 42.7 Å². The molecule has 0 saturated heterocycles. The van der Waals surface area contributed by atoms with E-state index in [1.54, 1.807) is 0 Å². The molecule has 1 aliphatic rings. The third-order valence-corrected chi connectivity index (χ3v) is 3.90. The molecule has 0 fully saturated rings. The van der Waals surface area contributed by atoms with Crippen LogP contribution in [0.3, 0.4) is 0 Å². The van der Waals surface area contributed by atoms with Gasteiger partial charge in [-0.3, -0.25) is 0 Å². The summed E-state index contributed by atoms with van der Waals surface area (Å²) in [6, 6.07) is 10.9. The summed E-state index contributed by atoms with van der Waals surface area (Å²) >= 11 is 0. The van der Waals surface area contributed by atoms with Gasteiger partial charge in [-0.15, -0.1) is 10.2 Å². The Morgan fingerprint density at radius 3 is 2.84 bits per heavy atom. The van der Waals surface area contributed by atoms with Crippen molar-refractivity contribution in [2.75, 3.05) is 6.54 Å². The highest BCUT2D eigenvalue weighted by Crippen LogP contribution is 2.28. The maximum Gasteiger partial charge on any atom is 0.149 e. The van der Waals surface area contributed by atoms with E-state index in [9.17, 15) is 0 Å². The number of benzene rings is 1. The van der Waals surface area contributed by atoms with Crippen LogP contribution in [0.5, 0.6) is 0 Å². The van der Waals surface area contributed by atoms with E-state index < -0.39 is 0 Å². The minimum Gasteiger partial charge on any atom is -0.312 e. The molecule has 0 spiro atoms. The SMILES string of the molecule is CCC(c1ccccc1)c1nnc2n1CCNC2C. The van der Waals surface area contributed by atoms with Crippen LogP contribution in [0.2, 0.25) is 0 Å². The average molecular weight is 256 g/mol. The first kappa shape index (κ1) is 12.4. The third-order valence-electron chi connectivity index (χ3n) is 3.90. The summed E-state index contributed by atoms with van der Waals surface area (Å²) in [5, 5.41) is 12.3. The molecule has 1 aromatic heterocycles. The molecule has 2 unspecified atom stereocenters. The van der Waals surface area contributed by atoms with E-state index in [0.29, 0.717) is 12.0 Å². The fourth-order valence-electron chi connectivity index (χ4n) is 2.87. The van der Waals surface area contributed by atoms with Crippen LogP contribution < -0.4 is 5.32 Å². The lowest BCUT2D eigenvalue weighted by atomic mass is 9.95. The highest BCUT2D eigenvalue weighted by Gasteiger charge is 2.25. The van der Waals surface area contributed by atoms with Crippen LogP contribution in [0, 0.1) is 0 Å². The summed E-state index contributed by atoms with van der Waals surface area (Å²) in [4.78, 5) is 0. The van der Waals surface area contributed by atoms with Crippen molar-refractivity contribution in [3.05, 3.63) is 47.5 Å². The molecule has 1 aliphatic heterocycles. The number of hydrogen-bond donors (Lipinski definition) is 1. The van der Waals surface area contributed by atoms with Gasteiger partial charge in [-0.2, -0.15) is 0 Å². The maximum atomic E-state index is 4.47. The maximum absolute atomic E-state index is 4.47. The normalized spacial score (nSPS) is 20.0. The molecule has 3 rings (SSSR count). The largest absolute Gasteiger partial charge is 0.312 e. The Bertz CT molecular complexity index is 547. The van der Waals surface area contributed by atoms with Gasteiger partial charge < -0.3 is 9.88 Å². The zero-order chi connectivity index (χ0) is 13.2. The molecular weight excluding hydrogens is 236 g/mol. The summed E-state index contributed by atoms with van der Waals surface area (Å²) in [6.45, 7) is 6.31. The molecule has 0 aliphatic carbocycles. The summed E-state index contributed by atoms with van der Waals surface area (Å²) in [7, 11) is 0. The molecule has 100 valence electrons. The van der Waals surface area contributed by atoms with Gasteiger partial charge in [-0.05, 0) is 18.9 Å². The lowest BCUT2D eigenvalue weighted by Gasteiger charge is -2.24. The van der Waals surface area contributed by atoms with E-state index in [2.05, 4.69) is 64.3 Å². The van der Waals surface area contributed by atoms with Crippen LogP contribution in [0.25, 0.3) is 0 Å². The number of nitrogens with one attached hydrogen (secondary N) is 1. The second-order valence-corrected chi connectivity index (χ2v) is 5.12. The Morgan fingerprint density at radius 2 is 2.11 bits per heavy atom. The molecule has 1 N–H and O–H groups in total. The second-order valence-electron chi connectivity index (χ2n) is 5.12. The number of nitrogens with zero attached hydrogens (tertiary/aromatic N) is 3. The Kier molecular flexibility index (Phi) is 3.34. The predicted molar refractivity (Wildman–Crippen MR) is 75.0 cm³/mol. The number of rotatable bonds is 3. The minimum atomic E-state index is 0.295. The molecule has 0 saturated carbocycles. The van der Waals surface area contributed by atoms with E-state index in [4.69, 9.17) is 0 Å². The average Bonchev–Trinajstić information content (AvgIpc) is 2.87. The van der Waals surface area contributed by atoms with Crippen molar-refractivity contribution in [2.45, 2.75) is 38.8 Å². The summed E-state index contributed by atoms with van der Waals surface area (Å²) in [6.07, 6.45) is 1.05. The molecule has 0 radical (unpaired) electrons.